The summed E-state index contributed by atoms with van der Waals surface area (Å²) in [5, 5.41) is 3.60. The van der Waals surface area contributed by atoms with Gasteiger partial charge in [0.25, 0.3) is 5.91 Å². The molecule has 0 saturated carbocycles. The topological polar surface area (TPSA) is 67.0 Å². The second kappa shape index (κ2) is 8.53. The van der Waals surface area contributed by atoms with Gasteiger partial charge in [0.05, 0.1) is 28.6 Å². The lowest BCUT2D eigenvalue weighted by Gasteiger charge is -2.22. The molecule has 2 N–H and O–H groups in total. The maximum atomic E-state index is 14.5. The number of thiophene rings is 1. The highest BCUT2D eigenvalue weighted by atomic mass is 32.1. The molecule has 7 heteroatoms. The number of hydrogen-bond donors (Lipinski definition) is 2. The van der Waals surface area contributed by atoms with Gasteiger partial charge in [0.15, 0.2) is 0 Å². The number of amides is 1. The lowest BCUT2D eigenvalue weighted by atomic mass is 9.98. The summed E-state index contributed by atoms with van der Waals surface area (Å²) in [6.45, 7) is 4.33. The van der Waals surface area contributed by atoms with E-state index < -0.39 is 0 Å². The number of imidazole rings is 1. The molecule has 2 aromatic heterocycles. The molecular weight excluding hydrogens is 401 g/mol. The molecule has 30 heavy (non-hydrogen) atoms. The quantitative estimate of drug-likeness (QED) is 0.406. The number of carbonyl (C=O) groups excluding carboxylic acids is 1. The standard InChI is InChI=1S/C23H24FN3O2S/c1-4-13(2)20(22-25-16-9-5-6-10-17(16)26-22)27-23(28)21-14(12-29-3)19-15(24)8-7-11-18(19)30-21/h5-11,13,20H,4,12H2,1-3H3,(H,25,26)(H,27,28). The molecule has 0 radical (unpaired) electrons. The molecule has 5 nitrogen and oxygen atoms in total. The zero-order chi connectivity index (χ0) is 21.3. The van der Waals surface area contributed by atoms with E-state index in [1.807, 2.05) is 30.3 Å². The monoisotopic (exact) mass is 425 g/mol. The molecule has 2 atom stereocenters. The largest absolute Gasteiger partial charge is 0.380 e. The average molecular weight is 426 g/mol. The molecule has 2 heterocycles. The van der Waals surface area contributed by atoms with Crippen LogP contribution in [-0.4, -0.2) is 23.0 Å². The molecule has 0 spiro atoms. The van der Waals surface area contributed by atoms with E-state index in [1.165, 1.54) is 17.4 Å². The molecule has 0 aliphatic rings. The molecule has 0 aliphatic heterocycles. The van der Waals surface area contributed by atoms with E-state index in [0.717, 1.165) is 28.0 Å². The predicted octanol–water partition coefficient (Wildman–Crippen LogP) is 5.58. The number of nitrogens with zero attached hydrogens (tertiary/aromatic N) is 1. The number of hydrogen-bond acceptors (Lipinski definition) is 4. The zero-order valence-corrected chi connectivity index (χ0v) is 18.0. The Balaban J connectivity index is 1.72. The van der Waals surface area contributed by atoms with Gasteiger partial charge in [0, 0.05) is 22.8 Å². The Hall–Kier alpha value is -2.77. The van der Waals surface area contributed by atoms with Crippen LogP contribution in [0.2, 0.25) is 0 Å². The Bertz CT molecular complexity index is 1170. The van der Waals surface area contributed by atoms with Crippen molar-refractivity contribution in [2.75, 3.05) is 7.11 Å². The highest BCUT2D eigenvalue weighted by Crippen LogP contribution is 2.34. The number of aromatic amines is 1. The van der Waals surface area contributed by atoms with Gasteiger partial charge in [-0.15, -0.1) is 11.3 Å². The minimum absolute atomic E-state index is 0.159. The van der Waals surface area contributed by atoms with Crippen LogP contribution in [0.3, 0.4) is 0 Å². The summed E-state index contributed by atoms with van der Waals surface area (Å²) in [6, 6.07) is 12.4. The summed E-state index contributed by atoms with van der Waals surface area (Å²) in [4.78, 5) is 21.8. The number of rotatable bonds is 7. The maximum Gasteiger partial charge on any atom is 0.262 e. The highest BCUT2D eigenvalue weighted by molar-refractivity contribution is 7.21. The SMILES string of the molecule is CCC(C)C(NC(=O)c1sc2cccc(F)c2c1COC)c1nc2ccccc2[nH]1. The van der Waals surface area contributed by atoms with Crippen LogP contribution in [0.4, 0.5) is 4.39 Å². The van der Waals surface area contributed by atoms with Gasteiger partial charge in [-0.3, -0.25) is 4.79 Å². The fraction of sp³-hybridized carbons (Fsp3) is 0.304. The number of halogens is 1. The Morgan fingerprint density at radius 1 is 1.27 bits per heavy atom. The van der Waals surface area contributed by atoms with E-state index in [-0.39, 0.29) is 30.3 Å². The molecule has 0 aliphatic carbocycles. The number of carbonyl (C=O) groups is 1. The summed E-state index contributed by atoms with van der Waals surface area (Å²) < 4.78 is 20.5. The van der Waals surface area contributed by atoms with E-state index in [4.69, 9.17) is 9.72 Å². The second-order valence-electron chi connectivity index (χ2n) is 7.43. The normalized spacial score (nSPS) is 13.6. The van der Waals surface area contributed by atoms with Crippen LogP contribution in [-0.2, 0) is 11.3 Å². The molecule has 2 unspecified atom stereocenters. The number of methoxy groups -OCH3 is 1. The fourth-order valence-corrected chi connectivity index (χ4v) is 4.80. The van der Waals surface area contributed by atoms with Gasteiger partial charge < -0.3 is 15.0 Å². The average Bonchev–Trinajstić information content (AvgIpc) is 3.34. The van der Waals surface area contributed by atoms with Crippen molar-refractivity contribution < 1.29 is 13.9 Å². The number of H-pyrrole nitrogens is 1. The summed E-state index contributed by atoms with van der Waals surface area (Å²) in [5.74, 6) is 0.296. The first-order valence-electron chi connectivity index (χ1n) is 9.97. The predicted molar refractivity (Wildman–Crippen MR) is 118 cm³/mol. The zero-order valence-electron chi connectivity index (χ0n) is 17.2. The molecule has 0 bridgehead atoms. The smallest absolute Gasteiger partial charge is 0.262 e. The van der Waals surface area contributed by atoms with Gasteiger partial charge in [-0.25, -0.2) is 9.37 Å². The van der Waals surface area contributed by atoms with E-state index in [0.29, 0.717) is 15.8 Å². The molecule has 156 valence electrons. The molecule has 4 rings (SSSR count). The summed E-state index contributed by atoms with van der Waals surface area (Å²) in [7, 11) is 1.54. The summed E-state index contributed by atoms with van der Waals surface area (Å²) >= 11 is 1.28. The second-order valence-corrected chi connectivity index (χ2v) is 8.48. The minimum atomic E-state index is -0.342. The lowest BCUT2D eigenvalue weighted by molar-refractivity contribution is 0.0920. The van der Waals surface area contributed by atoms with Gasteiger partial charge in [-0.1, -0.05) is 38.5 Å². The molecule has 1 amide bonds. The van der Waals surface area contributed by atoms with Gasteiger partial charge in [0.1, 0.15) is 11.6 Å². The van der Waals surface area contributed by atoms with Crippen molar-refractivity contribution in [2.24, 2.45) is 5.92 Å². The van der Waals surface area contributed by atoms with Crippen LogP contribution in [0, 0.1) is 11.7 Å². The van der Waals surface area contributed by atoms with Crippen molar-refractivity contribution in [3.8, 4) is 0 Å². The van der Waals surface area contributed by atoms with Gasteiger partial charge in [-0.2, -0.15) is 0 Å². The van der Waals surface area contributed by atoms with E-state index >= 15 is 0 Å². The molecule has 0 saturated heterocycles. The van der Waals surface area contributed by atoms with Crippen LogP contribution in [0.1, 0.15) is 47.4 Å². The first-order valence-corrected chi connectivity index (χ1v) is 10.8. The van der Waals surface area contributed by atoms with Crippen LogP contribution < -0.4 is 5.32 Å². The third-order valence-electron chi connectivity index (χ3n) is 5.46. The van der Waals surface area contributed by atoms with Gasteiger partial charge >= 0.3 is 0 Å². The number of nitrogens with one attached hydrogen (secondary N) is 2. The van der Waals surface area contributed by atoms with Crippen molar-refractivity contribution in [3.63, 3.8) is 0 Å². The number of para-hydroxylation sites is 2. The third-order valence-corrected chi connectivity index (χ3v) is 6.66. The van der Waals surface area contributed by atoms with Gasteiger partial charge in [0.2, 0.25) is 0 Å². The molecular formula is C23H24FN3O2S. The minimum Gasteiger partial charge on any atom is -0.380 e. The van der Waals surface area contributed by atoms with Crippen molar-refractivity contribution >= 4 is 38.4 Å². The number of benzene rings is 2. The van der Waals surface area contributed by atoms with Crippen LogP contribution in [0.5, 0.6) is 0 Å². The first-order chi connectivity index (χ1) is 14.5. The number of fused-ring (bicyclic) bond motifs is 2. The maximum absolute atomic E-state index is 14.5. The summed E-state index contributed by atoms with van der Waals surface area (Å²) in [6.07, 6.45) is 0.869. The Morgan fingerprint density at radius 3 is 2.80 bits per heavy atom. The van der Waals surface area contributed by atoms with Crippen LogP contribution >= 0.6 is 11.3 Å². The molecule has 0 fully saturated rings. The Kier molecular flexibility index (Phi) is 5.83. The molecule has 2 aromatic carbocycles. The first kappa shape index (κ1) is 20.5. The number of ether oxygens (including phenoxy) is 1. The van der Waals surface area contributed by atoms with Crippen molar-refractivity contribution in [1.82, 2.24) is 15.3 Å². The van der Waals surface area contributed by atoms with Crippen molar-refractivity contribution in [3.05, 3.63) is 64.5 Å². The summed E-state index contributed by atoms with van der Waals surface area (Å²) in [5.41, 5.74) is 2.37. The van der Waals surface area contributed by atoms with Crippen LogP contribution in [0.15, 0.2) is 42.5 Å². The van der Waals surface area contributed by atoms with Crippen molar-refractivity contribution in [2.45, 2.75) is 32.9 Å². The van der Waals surface area contributed by atoms with Gasteiger partial charge in [-0.05, 0) is 30.2 Å². The number of aromatic nitrogens is 2. The highest BCUT2D eigenvalue weighted by Gasteiger charge is 2.27. The van der Waals surface area contributed by atoms with E-state index in [2.05, 4.69) is 24.1 Å². The van der Waals surface area contributed by atoms with Crippen LogP contribution in [0.25, 0.3) is 21.1 Å². The Morgan fingerprint density at radius 2 is 2.07 bits per heavy atom. The van der Waals surface area contributed by atoms with Crippen molar-refractivity contribution in [1.29, 1.82) is 0 Å². The fourth-order valence-electron chi connectivity index (χ4n) is 3.68. The lowest BCUT2D eigenvalue weighted by Crippen LogP contribution is -2.33. The third kappa shape index (κ3) is 3.70. The molecule has 4 aromatic rings. The Labute approximate surface area is 178 Å². The van der Waals surface area contributed by atoms with E-state index in [9.17, 15) is 9.18 Å². The van der Waals surface area contributed by atoms with E-state index in [1.54, 1.807) is 13.2 Å².